The summed E-state index contributed by atoms with van der Waals surface area (Å²) in [4.78, 5) is 4.98. The molecule has 4 rings (SSSR count). The summed E-state index contributed by atoms with van der Waals surface area (Å²) in [5.74, 6) is 1.12. The van der Waals surface area contributed by atoms with E-state index in [0.717, 1.165) is 32.6 Å². The predicted octanol–water partition coefficient (Wildman–Crippen LogP) is 5.39. The van der Waals surface area contributed by atoms with Gasteiger partial charge in [0.1, 0.15) is 17.7 Å². The van der Waals surface area contributed by atoms with Crippen molar-refractivity contribution in [1.29, 1.82) is 0 Å². The number of rotatable bonds is 4. The van der Waals surface area contributed by atoms with E-state index in [-0.39, 0.29) is 12.2 Å². The standard InChI is InChI=1S/C23H21BrN2O2/c1-28-18-12-8-15(9-13-18)20-14-21(19-4-2-3-5-22(19)27)26-23(25-20)16-6-10-17(24)11-7-16/h2-13,21,23,26-27H,14H2,1H3/t21-,23+/m0/s1. The van der Waals surface area contributed by atoms with E-state index in [2.05, 4.69) is 33.4 Å². The molecule has 0 spiro atoms. The first-order chi connectivity index (χ1) is 13.6. The molecule has 3 aromatic carbocycles. The second-order valence-electron chi connectivity index (χ2n) is 6.74. The highest BCUT2D eigenvalue weighted by Gasteiger charge is 2.27. The highest BCUT2D eigenvalue weighted by molar-refractivity contribution is 9.10. The number of aromatic hydroxyl groups is 1. The minimum atomic E-state index is -0.191. The zero-order valence-corrected chi connectivity index (χ0v) is 17.1. The predicted molar refractivity (Wildman–Crippen MR) is 115 cm³/mol. The molecule has 4 nitrogen and oxygen atoms in total. The SMILES string of the molecule is COc1ccc(C2=N[C@@H](c3ccc(Br)cc3)N[C@H](c3ccccc3O)C2)cc1. The molecule has 1 heterocycles. The Morgan fingerprint density at radius 1 is 1.00 bits per heavy atom. The van der Waals surface area contributed by atoms with Crippen LogP contribution in [0.15, 0.2) is 82.3 Å². The average molecular weight is 437 g/mol. The number of methoxy groups -OCH3 is 1. The third-order valence-electron chi connectivity index (χ3n) is 4.96. The lowest BCUT2D eigenvalue weighted by Crippen LogP contribution is -2.33. The van der Waals surface area contributed by atoms with Gasteiger partial charge in [0.25, 0.3) is 0 Å². The van der Waals surface area contributed by atoms with Gasteiger partial charge >= 0.3 is 0 Å². The Bertz CT molecular complexity index is 984. The van der Waals surface area contributed by atoms with Crippen LogP contribution >= 0.6 is 15.9 Å². The summed E-state index contributed by atoms with van der Waals surface area (Å²) in [6.45, 7) is 0. The van der Waals surface area contributed by atoms with Crippen LogP contribution in [-0.2, 0) is 0 Å². The van der Waals surface area contributed by atoms with Crippen LogP contribution in [0, 0.1) is 0 Å². The van der Waals surface area contributed by atoms with Crippen molar-refractivity contribution in [1.82, 2.24) is 5.32 Å². The number of nitrogens with one attached hydrogen (secondary N) is 1. The van der Waals surface area contributed by atoms with Gasteiger partial charge in [-0.1, -0.05) is 46.3 Å². The maximum atomic E-state index is 10.4. The molecule has 5 heteroatoms. The number of hydrogen-bond donors (Lipinski definition) is 2. The van der Waals surface area contributed by atoms with Gasteiger partial charge in [0, 0.05) is 28.2 Å². The zero-order valence-electron chi connectivity index (χ0n) is 15.5. The van der Waals surface area contributed by atoms with Crippen LogP contribution in [0.2, 0.25) is 0 Å². The molecule has 0 aliphatic carbocycles. The smallest absolute Gasteiger partial charge is 0.126 e. The first kappa shape index (κ1) is 18.7. The number of phenolic OH excluding ortho intramolecular Hbond substituents is 1. The van der Waals surface area contributed by atoms with Gasteiger partial charge < -0.3 is 9.84 Å². The molecule has 3 aromatic rings. The zero-order chi connectivity index (χ0) is 19.5. The first-order valence-electron chi connectivity index (χ1n) is 9.14. The lowest BCUT2D eigenvalue weighted by atomic mass is 9.93. The van der Waals surface area contributed by atoms with Crippen LogP contribution in [0.3, 0.4) is 0 Å². The number of aliphatic imine (C=N–C) groups is 1. The Kier molecular flexibility index (Phi) is 5.46. The number of ether oxygens (including phenoxy) is 1. The number of phenols is 1. The van der Waals surface area contributed by atoms with Crippen molar-refractivity contribution in [3.63, 3.8) is 0 Å². The molecule has 142 valence electrons. The fourth-order valence-corrected chi connectivity index (χ4v) is 3.73. The van der Waals surface area contributed by atoms with Crippen molar-refractivity contribution in [3.8, 4) is 11.5 Å². The minimum absolute atomic E-state index is 0.0375. The summed E-state index contributed by atoms with van der Waals surface area (Å²) in [6, 6.07) is 23.6. The van der Waals surface area contributed by atoms with Crippen LogP contribution in [0.5, 0.6) is 11.5 Å². The summed E-state index contributed by atoms with van der Waals surface area (Å²) in [5, 5.41) is 14.0. The molecule has 0 radical (unpaired) electrons. The molecule has 0 saturated heterocycles. The van der Waals surface area contributed by atoms with Gasteiger partial charge in [-0.3, -0.25) is 10.3 Å². The summed E-state index contributed by atoms with van der Waals surface area (Å²) in [6.07, 6.45) is 0.500. The fourth-order valence-electron chi connectivity index (χ4n) is 3.46. The van der Waals surface area contributed by atoms with Crippen molar-refractivity contribution < 1.29 is 9.84 Å². The van der Waals surface area contributed by atoms with Crippen molar-refractivity contribution in [3.05, 3.63) is 94.0 Å². The van der Waals surface area contributed by atoms with E-state index in [1.54, 1.807) is 13.2 Å². The number of benzene rings is 3. The van der Waals surface area contributed by atoms with E-state index in [4.69, 9.17) is 9.73 Å². The quantitative estimate of drug-likeness (QED) is 0.576. The molecule has 0 amide bonds. The van der Waals surface area contributed by atoms with Crippen LogP contribution in [0.4, 0.5) is 0 Å². The highest BCUT2D eigenvalue weighted by Crippen LogP contribution is 2.34. The molecule has 0 unspecified atom stereocenters. The van der Waals surface area contributed by atoms with E-state index < -0.39 is 0 Å². The first-order valence-corrected chi connectivity index (χ1v) is 9.94. The van der Waals surface area contributed by atoms with Crippen molar-refractivity contribution in [2.24, 2.45) is 4.99 Å². The van der Waals surface area contributed by atoms with Crippen LogP contribution in [-0.4, -0.2) is 17.9 Å². The summed E-state index contributed by atoms with van der Waals surface area (Å²) in [7, 11) is 1.66. The summed E-state index contributed by atoms with van der Waals surface area (Å²) in [5.41, 5.74) is 4.02. The van der Waals surface area contributed by atoms with E-state index in [0.29, 0.717) is 12.2 Å². The molecule has 0 bridgehead atoms. The minimum Gasteiger partial charge on any atom is -0.508 e. The Balaban J connectivity index is 1.73. The molecule has 0 aromatic heterocycles. The van der Waals surface area contributed by atoms with Crippen molar-refractivity contribution in [2.75, 3.05) is 7.11 Å². The van der Waals surface area contributed by atoms with Crippen LogP contribution in [0.25, 0.3) is 0 Å². The fraction of sp³-hybridized carbons (Fsp3) is 0.174. The van der Waals surface area contributed by atoms with Gasteiger partial charge in [0.05, 0.1) is 7.11 Å². The molecule has 0 fully saturated rings. The number of hydrogen-bond acceptors (Lipinski definition) is 4. The second-order valence-corrected chi connectivity index (χ2v) is 7.66. The Labute approximate surface area is 173 Å². The van der Waals surface area contributed by atoms with Crippen molar-refractivity contribution >= 4 is 21.6 Å². The summed E-state index contributed by atoms with van der Waals surface area (Å²) >= 11 is 3.49. The van der Waals surface area contributed by atoms with E-state index in [1.807, 2.05) is 54.6 Å². The normalized spacial score (nSPS) is 19.1. The topological polar surface area (TPSA) is 53.8 Å². The van der Waals surface area contributed by atoms with Crippen LogP contribution in [0.1, 0.15) is 35.3 Å². The molecule has 1 aliphatic rings. The summed E-state index contributed by atoms with van der Waals surface area (Å²) < 4.78 is 6.31. The monoisotopic (exact) mass is 436 g/mol. The van der Waals surface area contributed by atoms with Gasteiger partial charge in [0.15, 0.2) is 0 Å². The Morgan fingerprint density at radius 3 is 2.39 bits per heavy atom. The maximum absolute atomic E-state index is 10.4. The van der Waals surface area contributed by atoms with Gasteiger partial charge in [-0.15, -0.1) is 0 Å². The molecular weight excluding hydrogens is 416 g/mol. The average Bonchev–Trinajstić information content (AvgIpc) is 2.74. The van der Waals surface area contributed by atoms with E-state index in [1.165, 1.54) is 0 Å². The maximum Gasteiger partial charge on any atom is 0.126 e. The van der Waals surface area contributed by atoms with Crippen LogP contribution < -0.4 is 10.1 Å². The molecule has 1 aliphatic heterocycles. The van der Waals surface area contributed by atoms with E-state index >= 15 is 0 Å². The van der Waals surface area contributed by atoms with Gasteiger partial charge in [0.2, 0.25) is 0 Å². The molecule has 28 heavy (non-hydrogen) atoms. The largest absolute Gasteiger partial charge is 0.508 e. The molecular formula is C23H21BrN2O2. The number of nitrogens with zero attached hydrogens (tertiary/aromatic N) is 1. The number of para-hydroxylation sites is 1. The lowest BCUT2D eigenvalue weighted by Gasteiger charge is -2.31. The Morgan fingerprint density at radius 2 is 1.71 bits per heavy atom. The van der Waals surface area contributed by atoms with Gasteiger partial charge in [-0.2, -0.15) is 0 Å². The molecule has 2 N–H and O–H groups in total. The molecule has 0 saturated carbocycles. The van der Waals surface area contributed by atoms with Gasteiger partial charge in [-0.25, -0.2) is 0 Å². The number of halogens is 1. The van der Waals surface area contributed by atoms with Crippen molar-refractivity contribution in [2.45, 2.75) is 18.6 Å². The third-order valence-corrected chi connectivity index (χ3v) is 5.49. The lowest BCUT2D eigenvalue weighted by molar-refractivity contribution is 0.412. The molecule has 2 atom stereocenters. The second kappa shape index (κ2) is 8.17. The Hall–Kier alpha value is -2.63. The third kappa shape index (κ3) is 3.96. The highest BCUT2D eigenvalue weighted by atomic mass is 79.9. The van der Waals surface area contributed by atoms with E-state index in [9.17, 15) is 5.11 Å². The van der Waals surface area contributed by atoms with Gasteiger partial charge in [-0.05, 0) is 53.6 Å².